The summed E-state index contributed by atoms with van der Waals surface area (Å²) >= 11 is 0. The zero-order valence-corrected chi connectivity index (χ0v) is 12.2. The standard InChI is InChI=1S/C15H22N2O3/c1-10-6-4-7-11(2)13(10)17-15(20)16-9-5-8-12(3)14(18)19/h4,6-7,12H,5,8-9H2,1-3H3,(H,18,19)(H2,16,17,20). The van der Waals surface area contributed by atoms with Crippen molar-refractivity contribution in [2.24, 2.45) is 5.92 Å². The van der Waals surface area contributed by atoms with Crippen LogP contribution in [0.3, 0.4) is 0 Å². The first kappa shape index (κ1) is 16.0. The fourth-order valence-electron chi connectivity index (χ4n) is 1.90. The molecule has 110 valence electrons. The first-order chi connectivity index (χ1) is 9.41. The van der Waals surface area contributed by atoms with Crippen LogP contribution in [0.15, 0.2) is 18.2 Å². The van der Waals surface area contributed by atoms with Crippen molar-refractivity contribution < 1.29 is 14.7 Å². The van der Waals surface area contributed by atoms with E-state index >= 15 is 0 Å². The van der Waals surface area contributed by atoms with E-state index in [1.807, 2.05) is 32.0 Å². The smallest absolute Gasteiger partial charge is 0.319 e. The minimum absolute atomic E-state index is 0.259. The average molecular weight is 278 g/mol. The number of aryl methyl sites for hydroxylation is 2. The van der Waals surface area contributed by atoms with Gasteiger partial charge in [-0.2, -0.15) is 0 Å². The summed E-state index contributed by atoms with van der Waals surface area (Å²) in [5.74, 6) is -1.18. The molecule has 5 heteroatoms. The Morgan fingerprint density at radius 1 is 1.25 bits per heavy atom. The monoisotopic (exact) mass is 278 g/mol. The Morgan fingerprint density at radius 3 is 2.40 bits per heavy atom. The second-order valence-electron chi connectivity index (χ2n) is 5.03. The fourth-order valence-corrected chi connectivity index (χ4v) is 1.90. The summed E-state index contributed by atoms with van der Waals surface area (Å²) in [6.45, 7) is 6.02. The molecule has 0 aliphatic rings. The number of rotatable bonds is 6. The molecular formula is C15H22N2O3. The number of carboxylic acids is 1. The lowest BCUT2D eigenvalue weighted by atomic mass is 10.1. The molecule has 0 radical (unpaired) electrons. The van der Waals surface area contributed by atoms with Crippen LogP contribution in [0.1, 0.15) is 30.9 Å². The maximum atomic E-state index is 11.8. The van der Waals surface area contributed by atoms with E-state index in [2.05, 4.69) is 10.6 Å². The van der Waals surface area contributed by atoms with Gasteiger partial charge in [-0.25, -0.2) is 4.79 Å². The van der Waals surface area contributed by atoms with Crippen LogP contribution in [-0.2, 0) is 4.79 Å². The lowest BCUT2D eigenvalue weighted by molar-refractivity contribution is -0.141. The van der Waals surface area contributed by atoms with Gasteiger partial charge in [0, 0.05) is 12.2 Å². The number of hydrogen-bond donors (Lipinski definition) is 3. The summed E-state index contributed by atoms with van der Waals surface area (Å²) in [7, 11) is 0. The third-order valence-electron chi connectivity index (χ3n) is 3.24. The predicted octanol–water partition coefficient (Wildman–Crippen LogP) is 2.93. The number of carbonyl (C=O) groups excluding carboxylic acids is 1. The molecular weight excluding hydrogens is 256 g/mol. The number of hydrogen-bond acceptors (Lipinski definition) is 2. The van der Waals surface area contributed by atoms with Gasteiger partial charge in [0.1, 0.15) is 0 Å². The van der Waals surface area contributed by atoms with Gasteiger partial charge in [-0.1, -0.05) is 25.1 Å². The molecule has 1 unspecified atom stereocenters. The molecule has 3 N–H and O–H groups in total. The van der Waals surface area contributed by atoms with Crippen LogP contribution in [0.25, 0.3) is 0 Å². The molecule has 2 amide bonds. The van der Waals surface area contributed by atoms with E-state index in [9.17, 15) is 9.59 Å². The van der Waals surface area contributed by atoms with Crippen molar-refractivity contribution >= 4 is 17.7 Å². The lowest BCUT2D eigenvalue weighted by Crippen LogP contribution is -2.30. The number of para-hydroxylation sites is 1. The Labute approximate surface area is 119 Å². The van der Waals surface area contributed by atoms with Gasteiger partial charge in [-0.15, -0.1) is 0 Å². The highest BCUT2D eigenvalue weighted by Crippen LogP contribution is 2.19. The molecule has 0 aliphatic carbocycles. The molecule has 0 fully saturated rings. The average Bonchev–Trinajstić information content (AvgIpc) is 2.38. The van der Waals surface area contributed by atoms with Gasteiger partial charge in [0.15, 0.2) is 0 Å². The lowest BCUT2D eigenvalue weighted by Gasteiger charge is -2.12. The number of anilines is 1. The molecule has 20 heavy (non-hydrogen) atoms. The highest BCUT2D eigenvalue weighted by atomic mass is 16.4. The van der Waals surface area contributed by atoms with Crippen LogP contribution in [0.5, 0.6) is 0 Å². The molecule has 1 aromatic rings. The Balaban J connectivity index is 2.36. The second-order valence-corrected chi connectivity index (χ2v) is 5.03. The normalized spacial score (nSPS) is 11.8. The number of nitrogens with one attached hydrogen (secondary N) is 2. The summed E-state index contributed by atoms with van der Waals surface area (Å²) in [6.07, 6.45) is 1.20. The van der Waals surface area contributed by atoms with Gasteiger partial charge in [-0.3, -0.25) is 4.79 Å². The zero-order chi connectivity index (χ0) is 15.1. The van der Waals surface area contributed by atoms with Crippen molar-refractivity contribution in [2.75, 3.05) is 11.9 Å². The maximum Gasteiger partial charge on any atom is 0.319 e. The summed E-state index contributed by atoms with van der Waals surface area (Å²) in [5, 5.41) is 14.3. The van der Waals surface area contributed by atoms with Crippen LogP contribution in [-0.4, -0.2) is 23.7 Å². The highest BCUT2D eigenvalue weighted by molar-refractivity contribution is 5.90. The minimum atomic E-state index is -0.801. The molecule has 0 heterocycles. The number of urea groups is 1. The summed E-state index contributed by atoms with van der Waals surface area (Å²) < 4.78 is 0. The Hall–Kier alpha value is -2.04. The van der Waals surface area contributed by atoms with E-state index in [-0.39, 0.29) is 11.9 Å². The molecule has 1 rings (SSSR count). The van der Waals surface area contributed by atoms with Crippen molar-refractivity contribution in [3.05, 3.63) is 29.3 Å². The zero-order valence-electron chi connectivity index (χ0n) is 12.2. The number of benzene rings is 1. The Morgan fingerprint density at radius 2 is 1.85 bits per heavy atom. The minimum Gasteiger partial charge on any atom is -0.481 e. The van der Waals surface area contributed by atoms with Crippen molar-refractivity contribution in [1.82, 2.24) is 5.32 Å². The third-order valence-corrected chi connectivity index (χ3v) is 3.24. The van der Waals surface area contributed by atoms with Gasteiger partial charge in [0.05, 0.1) is 5.92 Å². The molecule has 0 aromatic heterocycles. The van der Waals surface area contributed by atoms with E-state index in [0.717, 1.165) is 16.8 Å². The summed E-state index contributed by atoms with van der Waals surface area (Å²) in [6, 6.07) is 5.57. The van der Waals surface area contributed by atoms with Crippen LogP contribution in [0, 0.1) is 19.8 Å². The first-order valence-electron chi connectivity index (χ1n) is 6.75. The summed E-state index contributed by atoms with van der Waals surface area (Å²) in [5.41, 5.74) is 2.85. The Kier molecular flexibility index (Phi) is 6.03. The van der Waals surface area contributed by atoms with Crippen LogP contribution < -0.4 is 10.6 Å². The predicted molar refractivity (Wildman–Crippen MR) is 79.0 cm³/mol. The number of aliphatic carboxylic acids is 1. The number of carbonyl (C=O) groups is 2. The SMILES string of the molecule is Cc1cccc(C)c1NC(=O)NCCCC(C)C(=O)O. The van der Waals surface area contributed by atoms with E-state index in [0.29, 0.717) is 19.4 Å². The quantitative estimate of drug-likeness (QED) is 0.700. The van der Waals surface area contributed by atoms with Crippen molar-refractivity contribution in [1.29, 1.82) is 0 Å². The third kappa shape index (κ3) is 4.91. The summed E-state index contributed by atoms with van der Waals surface area (Å²) in [4.78, 5) is 22.4. The van der Waals surface area contributed by atoms with Crippen LogP contribution in [0.4, 0.5) is 10.5 Å². The van der Waals surface area contributed by atoms with Crippen molar-refractivity contribution in [3.8, 4) is 0 Å². The molecule has 1 aromatic carbocycles. The molecule has 5 nitrogen and oxygen atoms in total. The molecule has 0 aliphatic heterocycles. The highest BCUT2D eigenvalue weighted by Gasteiger charge is 2.10. The van der Waals surface area contributed by atoms with E-state index in [4.69, 9.17) is 5.11 Å². The van der Waals surface area contributed by atoms with Gasteiger partial charge in [0.25, 0.3) is 0 Å². The first-order valence-corrected chi connectivity index (χ1v) is 6.75. The van der Waals surface area contributed by atoms with Crippen molar-refractivity contribution in [3.63, 3.8) is 0 Å². The largest absolute Gasteiger partial charge is 0.481 e. The fraction of sp³-hybridized carbons (Fsp3) is 0.467. The van der Waals surface area contributed by atoms with Gasteiger partial charge >= 0.3 is 12.0 Å². The van der Waals surface area contributed by atoms with Gasteiger partial charge in [0.2, 0.25) is 0 Å². The molecule has 0 saturated heterocycles. The second kappa shape index (κ2) is 7.53. The molecule has 0 bridgehead atoms. The van der Waals surface area contributed by atoms with Crippen LogP contribution >= 0.6 is 0 Å². The van der Waals surface area contributed by atoms with Crippen molar-refractivity contribution in [2.45, 2.75) is 33.6 Å². The van der Waals surface area contributed by atoms with E-state index in [1.165, 1.54) is 0 Å². The van der Waals surface area contributed by atoms with Gasteiger partial charge < -0.3 is 15.7 Å². The maximum absolute atomic E-state index is 11.8. The van der Waals surface area contributed by atoms with Crippen LogP contribution in [0.2, 0.25) is 0 Å². The van der Waals surface area contributed by atoms with E-state index in [1.54, 1.807) is 6.92 Å². The van der Waals surface area contributed by atoms with E-state index < -0.39 is 5.97 Å². The van der Waals surface area contributed by atoms with Gasteiger partial charge in [-0.05, 0) is 37.8 Å². The molecule has 0 spiro atoms. The Bertz CT molecular complexity index is 466. The topological polar surface area (TPSA) is 78.4 Å². The molecule has 1 atom stereocenters. The number of carboxylic acid groups (broad SMARTS) is 1. The molecule has 0 saturated carbocycles. The number of amides is 2.